The van der Waals surface area contributed by atoms with Gasteiger partial charge in [0.2, 0.25) is 0 Å². The van der Waals surface area contributed by atoms with Crippen LogP contribution in [0.5, 0.6) is 0 Å². The summed E-state index contributed by atoms with van der Waals surface area (Å²) in [6.45, 7) is -0.278. The molecule has 0 saturated carbocycles. The topological polar surface area (TPSA) is 101 Å². The SMILES string of the molecule is NCC(=O)O.O=[PH2]O.[NaH].[NaH]. The predicted octanol–water partition coefficient (Wildman–Crippen LogP) is -2.62. The normalized spacial score (nSPS) is 6.60. The molecule has 0 bridgehead atoms. The quantitative estimate of drug-likeness (QED) is 0.309. The molecule has 8 heteroatoms. The zero-order valence-corrected chi connectivity index (χ0v) is 5.23. The fraction of sp³-hybridized carbons (Fsp3) is 0.500. The molecule has 0 radical (unpaired) electrons. The van der Waals surface area contributed by atoms with Gasteiger partial charge < -0.3 is 15.7 Å². The van der Waals surface area contributed by atoms with E-state index in [1.807, 2.05) is 0 Å². The van der Waals surface area contributed by atoms with Crippen LogP contribution in [0.25, 0.3) is 0 Å². The van der Waals surface area contributed by atoms with Crippen LogP contribution in [0.1, 0.15) is 0 Å². The first-order valence-corrected chi connectivity index (χ1v) is 2.67. The van der Waals surface area contributed by atoms with E-state index in [1.165, 1.54) is 0 Å². The summed E-state index contributed by atoms with van der Waals surface area (Å²) in [7, 11) is -1.50. The van der Waals surface area contributed by atoms with Crippen LogP contribution in [0.4, 0.5) is 0 Å². The molecule has 0 aliphatic carbocycles. The van der Waals surface area contributed by atoms with Gasteiger partial charge in [-0.1, -0.05) is 0 Å². The number of rotatable bonds is 1. The third kappa shape index (κ3) is 54.5. The molecule has 0 fully saturated rings. The van der Waals surface area contributed by atoms with Crippen LogP contribution in [0.2, 0.25) is 0 Å². The van der Waals surface area contributed by atoms with Crippen molar-refractivity contribution in [3.05, 3.63) is 0 Å². The molecular formula is C2H10NNa2O4P. The minimum absolute atomic E-state index is 0. The van der Waals surface area contributed by atoms with E-state index in [4.69, 9.17) is 14.6 Å². The van der Waals surface area contributed by atoms with E-state index in [1.54, 1.807) is 0 Å². The van der Waals surface area contributed by atoms with Crippen molar-refractivity contribution in [2.45, 2.75) is 0 Å². The Morgan fingerprint density at radius 1 is 1.50 bits per heavy atom. The fourth-order valence-corrected chi connectivity index (χ4v) is 0. The van der Waals surface area contributed by atoms with Crippen LogP contribution < -0.4 is 5.73 Å². The maximum absolute atomic E-state index is 9.24. The van der Waals surface area contributed by atoms with Crippen molar-refractivity contribution >= 4 is 73.8 Å². The van der Waals surface area contributed by atoms with Crippen LogP contribution in [0.15, 0.2) is 0 Å². The number of aliphatic carboxylic acids is 1. The first-order valence-electron chi connectivity index (χ1n) is 1.68. The first-order chi connectivity index (χ1) is 3.68. The molecule has 0 aliphatic heterocycles. The summed E-state index contributed by atoms with van der Waals surface area (Å²) in [6.07, 6.45) is 0. The summed E-state index contributed by atoms with van der Waals surface area (Å²) in [4.78, 5) is 16.3. The van der Waals surface area contributed by atoms with Crippen molar-refractivity contribution in [3.63, 3.8) is 0 Å². The van der Waals surface area contributed by atoms with Gasteiger partial charge in [0.1, 0.15) is 0 Å². The van der Waals surface area contributed by atoms with E-state index in [9.17, 15) is 4.79 Å². The van der Waals surface area contributed by atoms with Gasteiger partial charge in [-0.15, -0.1) is 0 Å². The van der Waals surface area contributed by atoms with E-state index < -0.39 is 14.7 Å². The Hall–Kier alpha value is 1.62. The Kier molecular flexibility index (Phi) is 50.6. The molecule has 0 spiro atoms. The second-order valence-electron chi connectivity index (χ2n) is 0.703. The molecule has 5 nitrogen and oxygen atoms in total. The molecule has 0 saturated heterocycles. The summed E-state index contributed by atoms with van der Waals surface area (Å²) >= 11 is 0. The molecule has 0 rings (SSSR count). The van der Waals surface area contributed by atoms with Gasteiger partial charge in [-0.25, -0.2) is 0 Å². The molecule has 0 amide bonds. The Labute approximate surface area is 104 Å². The molecule has 0 aromatic carbocycles. The standard InChI is InChI=1S/C2H5NO2.2Na.H3O2P.2H/c3-1-2(4)5;;;1-3-2;;/h1,3H2,(H,4,5);;;3H2,(H,1,2);;. The number of carboxylic acid groups (broad SMARTS) is 1. The molecule has 0 aromatic rings. The predicted molar refractivity (Wildman–Crippen MR) is 43.6 cm³/mol. The van der Waals surface area contributed by atoms with Gasteiger partial charge in [0.25, 0.3) is 0 Å². The van der Waals surface area contributed by atoms with Crippen molar-refractivity contribution in [3.8, 4) is 0 Å². The average molecular weight is 189 g/mol. The molecule has 10 heavy (non-hydrogen) atoms. The molecule has 0 heterocycles. The third-order valence-corrected chi connectivity index (χ3v) is 0.175. The fourth-order valence-electron chi connectivity index (χ4n) is 0. The molecule has 1 unspecified atom stereocenters. The van der Waals surface area contributed by atoms with Gasteiger partial charge in [-0.3, -0.25) is 9.36 Å². The van der Waals surface area contributed by atoms with Gasteiger partial charge in [-0.2, -0.15) is 0 Å². The van der Waals surface area contributed by atoms with E-state index >= 15 is 0 Å². The number of carbonyl (C=O) groups is 1. The van der Waals surface area contributed by atoms with Gasteiger partial charge in [-0.05, 0) is 0 Å². The van der Waals surface area contributed by atoms with Gasteiger partial charge in [0, 0.05) is 0 Å². The molecule has 1 atom stereocenters. The number of carboxylic acids is 1. The molecule has 0 aliphatic rings. The van der Waals surface area contributed by atoms with Crippen LogP contribution in [-0.2, 0) is 9.36 Å². The van der Waals surface area contributed by atoms with Gasteiger partial charge in [0.15, 0.2) is 8.69 Å². The third-order valence-electron chi connectivity index (χ3n) is 0.175. The van der Waals surface area contributed by atoms with Gasteiger partial charge in [0.05, 0.1) is 6.54 Å². The van der Waals surface area contributed by atoms with Crippen LogP contribution >= 0.6 is 8.69 Å². The van der Waals surface area contributed by atoms with E-state index in [-0.39, 0.29) is 65.7 Å². The molecule has 4 N–H and O–H groups in total. The Balaban J connectivity index is -0.0000000326. The average Bonchev–Trinajstić information content (AvgIpc) is 1.69. The first kappa shape index (κ1) is 22.6. The molecular weight excluding hydrogens is 179 g/mol. The van der Waals surface area contributed by atoms with Crippen LogP contribution in [0, 0.1) is 0 Å². The molecule has 0 aromatic heterocycles. The Morgan fingerprint density at radius 3 is 1.60 bits per heavy atom. The molecule has 54 valence electrons. The second-order valence-corrected chi connectivity index (χ2v) is 0.914. The van der Waals surface area contributed by atoms with E-state index in [0.717, 1.165) is 0 Å². The zero-order valence-electron chi connectivity index (χ0n) is 4.07. The van der Waals surface area contributed by atoms with E-state index in [0.29, 0.717) is 0 Å². The van der Waals surface area contributed by atoms with Crippen molar-refractivity contribution < 1.29 is 19.4 Å². The summed E-state index contributed by atoms with van der Waals surface area (Å²) in [5, 5.41) is 7.60. The summed E-state index contributed by atoms with van der Waals surface area (Å²) < 4.78 is 8.57. The van der Waals surface area contributed by atoms with E-state index in [2.05, 4.69) is 5.73 Å². The Morgan fingerprint density at radius 2 is 1.60 bits per heavy atom. The Bertz CT molecular complexity index is 81.7. The second kappa shape index (κ2) is 22.4. The minimum atomic E-state index is -1.50. The summed E-state index contributed by atoms with van der Waals surface area (Å²) in [6, 6.07) is 0. The van der Waals surface area contributed by atoms with Crippen molar-refractivity contribution in [1.29, 1.82) is 0 Å². The summed E-state index contributed by atoms with van der Waals surface area (Å²) in [5.74, 6) is -0.968. The zero-order chi connectivity index (χ0) is 6.99. The van der Waals surface area contributed by atoms with Crippen LogP contribution in [-0.4, -0.2) is 81.6 Å². The number of hydrogen-bond acceptors (Lipinski definition) is 3. The van der Waals surface area contributed by atoms with Crippen molar-refractivity contribution in [1.82, 2.24) is 0 Å². The summed E-state index contributed by atoms with van der Waals surface area (Å²) in [5.41, 5.74) is 4.57. The monoisotopic (exact) mass is 189 g/mol. The van der Waals surface area contributed by atoms with Gasteiger partial charge >= 0.3 is 65.1 Å². The van der Waals surface area contributed by atoms with Crippen LogP contribution in [0.3, 0.4) is 0 Å². The number of nitrogens with two attached hydrogens (primary N) is 1. The van der Waals surface area contributed by atoms with Crippen molar-refractivity contribution in [2.24, 2.45) is 5.73 Å². The maximum atomic E-state index is 9.24. The number of hydrogen-bond donors (Lipinski definition) is 3. The van der Waals surface area contributed by atoms with Crippen molar-refractivity contribution in [2.75, 3.05) is 6.54 Å².